The zero-order valence-electron chi connectivity index (χ0n) is 14.3. The van der Waals surface area contributed by atoms with Crippen molar-refractivity contribution in [3.8, 4) is 0 Å². The predicted octanol–water partition coefficient (Wildman–Crippen LogP) is 4.75. The Kier molecular flexibility index (Phi) is 6.07. The van der Waals surface area contributed by atoms with Crippen molar-refractivity contribution in [2.24, 2.45) is 0 Å². The molecule has 0 unspecified atom stereocenters. The van der Waals surface area contributed by atoms with Crippen molar-refractivity contribution in [1.29, 1.82) is 0 Å². The van der Waals surface area contributed by atoms with Gasteiger partial charge in [-0.2, -0.15) is 11.8 Å². The van der Waals surface area contributed by atoms with E-state index in [1.54, 1.807) is 16.4 Å². The van der Waals surface area contributed by atoms with Crippen LogP contribution in [0.3, 0.4) is 0 Å². The first-order chi connectivity index (χ1) is 12.2. The quantitative estimate of drug-likeness (QED) is 0.560. The molecular formula is C19H21N3OS2. The van der Waals surface area contributed by atoms with Crippen molar-refractivity contribution in [3.05, 3.63) is 82.5 Å². The molecule has 0 N–H and O–H groups in total. The van der Waals surface area contributed by atoms with Gasteiger partial charge < -0.3 is 4.42 Å². The lowest BCUT2D eigenvalue weighted by atomic mass is 9.98. The number of hydrogen-bond donors (Lipinski definition) is 0. The fourth-order valence-electron chi connectivity index (χ4n) is 2.89. The summed E-state index contributed by atoms with van der Waals surface area (Å²) in [5.74, 6) is 1.39. The van der Waals surface area contributed by atoms with Crippen LogP contribution in [0.5, 0.6) is 0 Å². The van der Waals surface area contributed by atoms with E-state index in [-0.39, 0.29) is 6.04 Å². The molecule has 0 spiro atoms. The Labute approximate surface area is 157 Å². The third-order valence-electron chi connectivity index (χ3n) is 3.94. The molecule has 3 rings (SSSR count). The molecular weight excluding hydrogens is 350 g/mol. The zero-order chi connectivity index (χ0) is 17.6. The fraction of sp³-hybridized carbons (Fsp3) is 0.263. The van der Waals surface area contributed by atoms with Gasteiger partial charge in [0.05, 0.1) is 18.5 Å². The Morgan fingerprint density at radius 1 is 1.08 bits per heavy atom. The Balaban J connectivity index is 1.90. The first-order valence-electron chi connectivity index (χ1n) is 8.05. The molecule has 0 aliphatic heterocycles. The van der Waals surface area contributed by atoms with Crippen molar-refractivity contribution in [3.63, 3.8) is 0 Å². The van der Waals surface area contributed by atoms with E-state index in [1.807, 2.05) is 18.4 Å². The van der Waals surface area contributed by atoms with E-state index < -0.39 is 0 Å². The van der Waals surface area contributed by atoms with Crippen molar-refractivity contribution >= 4 is 24.0 Å². The van der Waals surface area contributed by atoms with Crippen molar-refractivity contribution < 1.29 is 4.42 Å². The molecule has 2 aromatic carbocycles. The van der Waals surface area contributed by atoms with Crippen LogP contribution in [0, 0.1) is 4.84 Å². The van der Waals surface area contributed by atoms with Crippen molar-refractivity contribution in [2.75, 3.05) is 13.3 Å². The number of rotatable bonds is 7. The minimum absolute atomic E-state index is 0.116. The molecule has 0 amide bonds. The molecule has 0 radical (unpaired) electrons. The van der Waals surface area contributed by atoms with E-state index >= 15 is 0 Å². The van der Waals surface area contributed by atoms with Gasteiger partial charge in [0, 0.05) is 0 Å². The van der Waals surface area contributed by atoms with E-state index in [2.05, 4.69) is 65.6 Å². The summed E-state index contributed by atoms with van der Waals surface area (Å²) >= 11 is 6.99. The van der Waals surface area contributed by atoms with Gasteiger partial charge in [0.1, 0.15) is 0 Å². The van der Waals surface area contributed by atoms with Crippen LogP contribution in [0.15, 0.2) is 65.1 Å². The number of hydrogen-bond acceptors (Lipinski definition) is 5. The first-order valence-corrected chi connectivity index (χ1v) is 9.85. The lowest BCUT2D eigenvalue weighted by Crippen LogP contribution is -2.28. The van der Waals surface area contributed by atoms with E-state index in [0.29, 0.717) is 17.4 Å². The smallest absolute Gasteiger partial charge is 0.288 e. The molecule has 3 aromatic rings. The lowest BCUT2D eigenvalue weighted by Gasteiger charge is -2.28. The minimum atomic E-state index is 0.116. The normalized spacial score (nSPS) is 11.4. The molecule has 0 saturated heterocycles. The molecule has 0 bridgehead atoms. The van der Waals surface area contributed by atoms with Crippen LogP contribution in [0.25, 0.3) is 0 Å². The summed E-state index contributed by atoms with van der Waals surface area (Å²) in [5, 5.41) is 4.49. The van der Waals surface area contributed by atoms with Gasteiger partial charge in [0.2, 0.25) is 5.89 Å². The molecule has 0 aliphatic carbocycles. The zero-order valence-corrected chi connectivity index (χ0v) is 16.0. The summed E-state index contributed by atoms with van der Waals surface area (Å²) < 4.78 is 7.32. The molecule has 0 saturated carbocycles. The summed E-state index contributed by atoms with van der Waals surface area (Å²) in [5.41, 5.74) is 2.46. The van der Waals surface area contributed by atoms with Gasteiger partial charge in [-0.15, -0.1) is 5.10 Å². The molecule has 0 fully saturated rings. The highest BCUT2D eigenvalue weighted by molar-refractivity contribution is 7.97. The molecule has 6 heteroatoms. The topological polar surface area (TPSA) is 34.2 Å². The fourth-order valence-corrected chi connectivity index (χ4v) is 3.44. The number of thioether (sulfide) groups is 1. The van der Waals surface area contributed by atoms with E-state index in [4.69, 9.17) is 16.6 Å². The number of aromatic nitrogens is 2. The van der Waals surface area contributed by atoms with Crippen LogP contribution in [0.4, 0.5) is 0 Å². The molecule has 4 nitrogen and oxygen atoms in total. The van der Waals surface area contributed by atoms with Gasteiger partial charge in [-0.3, -0.25) is 4.90 Å². The molecule has 1 heterocycles. The van der Waals surface area contributed by atoms with Crippen LogP contribution in [-0.4, -0.2) is 28.0 Å². The van der Waals surface area contributed by atoms with E-state index in [9.17, 15) is 0 Å². The molecule has 0 aliphatic rings. The van der Waals surface area contributed by atoms with Gasteiger partial charge in [0.15, 0.2) is 0 Å². The summed E-state index contributed by atoms with van der Waals surface area (Å²) in [6.07, 6.45) is 2.02. The summed E-state index contributed by atoms with van der Waals surface area (Å²) in [7, 11) is 2.08. The van der Waals surface area contributed by atoms with Crippen molar-refractivity contribution in [2.45, 2.75) is 18.5 Å². The molecule has 1 aromatic heterocycles. The molecule has 0 atom stereocenters. The van der Waals surface area contributed by atoms with E-state index in [1.165, 1.54) is 11.1 Å². The second kappa shape index (κ2) is 8.47. The van der Waals surface area contributed by atoms with Gasteiger partial charge in [-0.1, -0.05) is 60.7 Å². The number of nitrogens with zero attached hydrogens (tertiary/aromatic N) is 3. The van der Waals surface area contributed by atoms with Crippen LogP contribution >= 0.6 is 24.0 Å². The Morgan fingerprint density at radius 3 is 2.16 bits per heavy atom. The Morgan fingerprint density at radius 2 is 1.64 bits per heavy atom. The third kappa shape index (κ3) is 4.39. The summed E-state index contributed by atoms with van der Waals surface area (Å²) in [6, 6.07) is 21.0. The second-order valence-electron chi connectivity index (χ2n) is 5.82. The maximum Gasteiger partial charge on any atom is 0.288 e. The highest BCUT2D eigenvalue weighted by atomic mass is 32.2. The summed E-state index contributed by atoms with van der Waals surface area (Å²) in [6.45, 7) is 0.561. The highest BCUT2D eigenvalue weighted by Gasteiger charge is 2.20. The van der Waals surface area contributed by atoms with Gasteiger partial charge in [-0.25, -0.2) is 4.68 Å². The Bertz CT molecular complexity index is 806. The van der Waals surface area contributed by atoms with Crippen LogP contribution < -0.4 is 0 Å². The maximum atomic E-state index is 5.57. The number of benzene rings is 2. The van der Waals surface area contributed by atoms with Crippen molar-refractivity contribution in [1.82, 2.24) is 14.7 Å². The highest BCUT2D eigenvalue weighted by Crippen LogP contribution is 2.27. The van der Waals surface area contributed by atoms with Crippen LogP contribution in [0.2, 0.25) is 0 Å². The van der Waals surface area contributed by atoms with Crippen LogP contribution in [0.1, 0.15) is 23.1 Å². The second-order valence-corrected chi connectivity index (χ2v) is 7.03. The molecule has 25 heavy (non-hydrogen) atoms. The minimum Gasteiger partial charge on any atom is -0.413 e. The van der Waals surface area contributed by atoms with Gasteiger partial charge in [-0.05, 0) is 36.6 Å². The van der Waals surface area contributed by atoms with Crippen LogP contribution in [-0.2, 0) is 12.4 Å². The molecule has 130 valence electrons. The monoisotopic (exact) mass is 371 g/mol. The van der Waals surface area contributed by atoms with Gasteiger partial charge >= 0.3 is 0 Å². The average molecular weight is 372 g/mol. The third-order valence-corrected chi connectivity index (χ3v) is 4.77. The van der Waals surface area contributed by atoms with E-state index in [0.717, 1.165) is 5.75 Å². The maximum absolute atomic E-state index is 5.57. The SMILES string of the molecule is CSCc1nn(CN(C)C(c2ccccc2)c2ccccc2)c(=S)o1. The lowest BCUT2D eigenvalue weighted by molar-refractivity contribution is 0.205. The first kappa shape index (κ1) is 17.9. The average Bonchev–Trinajstić information content (AvgIpc) is 2.96. The standard InChI is InChI=1S/C19H21N3OS2/c1-21(14-22-19(24)23-17(20-22)13-25-2)18(15-9-5-3-6-10-15)16-11-7-4-8-12-16/h3-12,18H,13-14H2,1-2H3. The predicted molar refractivity (Wildman–Crippen MR) is 105 cm³/mol. The summed E-state index contributed by atoms with van der Waals surface area (Å²) in [4.78, 5) is 2.64. The Hall–Kier alpha value is -1.89. The largest absolute Gasteiger partial charge is 0.413 e. The van der Waals surface area contributed by atoms with Gasteiger partial charge in [0.25, 0.3) is 4.84 Å².